The Balaban J connectivity index is 1.56. The van der Waals surface area contributed by atoms with E-state index in [0.717, 1.165) is 45.6 Å². The molecule has 0 aliphatic carbocycles. The molecule has 2 aliphatic heterocycles. The van der Waals surface area contributed by atoms with Gasteiger partial charge in [-0.2, -0.15) is 0 Å². The van der Waals surface area contributed by atoms with Gasteiger partial charge >= 0.3 is 5.69 Å². The predicted molar refractivity (Wildman–Crippen MR) is 118 cm³/mol. The molecule has 2 unspecified atom stereocenters. The van der Waals surface area contributed by atoms with E-state index in [1.165, 1.54) is 11.7 Å². The summed E-state index contributed by atoms with van der Waals surface area (Å²) in [6.45, 7) is 9.34. The van der Waals surface area contributed by atoms with Gasteiger partial charge in [0.1, 0.15) is 11.4 Å². The van der Waals surface area contributed by atoms with Crippen molar-refractivity contribution in [1.82, 2.24) is 19.4 Å². The number of carbonyl (C=O) groups excluding carboxylic acids is 1. The predicted octanol–water partition coefficient (Wildman–Crippen LogP) is -0.231. The van der Waals surface area contributed by atoms with Gasteiger partial charge in [0, 0.05) is 26.7 Å². The number of nitrogens with zero attached hydrogens (tertiary/aromatic N) is 3. The molecule has 3 N–H and O–H groups in total. The van der Waals surface area contributed by atoms with E-state index >= 15 is 0 Å². The van der Waals surface area contributed by atoms with Crippen LogP contribution in [-0.4, -0.2) is 90.3 Å². The molecule has 1 aromatic heterocycles. The number of piperidine rings is 1. The number of nitrogen functional groups attached to an aromatic ring is 1. The molecule has 2 atom stereocenters. The highest BCUT2D eigenvalue weighted by molar-refractivity contribution is 6.01. The molecular formula is C21H35N5O5. The smallest absolute Gasteiger partial charge is 0.330 e. The number of nitrogens with two attached hydrogens (primary N) is 1. The maximum absolute atomic E-state index is 12.9. The molecule has 0 aromatic carbocycles. The molecule has 2 aliphatic rings. The zero-order valence-electron chi connectivity index (χ0n) is 18.8. The van der Waals surface area contributed by atoms with Crippen LogP contribution in [0.2, 0.25) is 0 Å². The van der Waals surface area contributed by atoms with Gasteiger partial charge in [0.25, 0.3) is 5.56 Å². The van der Waals surface area contributed by atoms with E-state index in [-0.39, 0.29) is 49.1 Å². The summed E-state index contributed by atoms with van der Waals surface area (Å²) < 4.78 is 12.0. The Morgan fingerprint density at radius 2 is 1.81 bits per heavy atom. The SMILES string of the molecule is COCCn1c(N)c(C(=O)CN2CCC(CN3CC(C)OC(C)C3)CC2)c(=O)[nH]c1=O. The number of hydrogen-bond acceptors (Lipinski definition) is 8. The number of Topliss-reactive ketones (excluding diaryl/α,β-unsaturated/α-hetero) is 1. The molecule has 3 rings (SSSR count). The number of ether oxygens (including phenoxy) is 2. The van der Waals surface area contributed by atoms with Crippen LogP contribution in [0.1, 0.15) is 37.0 Å². The average Bonchev–Trinajstić information content (AvgIpc) is 2.68. The van der Waals surface area contributed by atoms with Crippen molar-refractivity contribution in [3.8, 4) is 0 Å². The summed E-state index contributed by atoms with van der Waals surface area (Å²) in [7, 11) is 1.50. The van der Waals surface area contributed by atoms with E-state index in [9.17, 15) is 14.4 Å². The number of H-pyrrole nitrogens is 1. The molecule has 0 saturated carbocycles. The van der Waals surface area contributed by atoms with Gasteiger partial charge in [-0.15, -0.1) is 0 Å². The lowest BCUT2D eigenvalue weighted by molar-refractivity contribution is -0.0731. The normalized spacial score (nSPS) is 23.8. The zero-order chi connectivity index (χ0) is 22.5. The highest BCUT2D eigenvalue weighted by Crippen LogP contribution is 2.21. The van der Waals surface area contributed by atoms with Crippen molar-refractivity contribution in [2.24, 2.45) is 5.92 Å². The quantitative estimate of drug-likeness (QED) is 0.535. The van der Waals surface area contributed by atoms with Crippen LogP contribution in [0.25, 0.3) is 0 Å². The van der Waals surface area contributed by atoms with Crippen LogP contribution in [-0.2, 0) is 16.0 Å². The summed E-state index contributed by atoms with van der Waals surface area (Å²) in [6.07, 6.45) is 2.54. The lowest BCUT2D eigenvalue weighted by Crippen LogP contribution is -2.48. The topological polar surface area (TPSA) is 123 Å². The molecule has 2 fully saturated rings. The lowest BCUT2D eigenvalue weighted by Gasteiger charge is -2.39. The van der Waals surface area contributed by atoms with Crippen LogP contribution in [0.4, 0.5) is 5.82 Å². The van der Waals surface area contributed by atoms with Crippen molar-refractivity contribution in [2.75, 3.05) is 58.7 Å². The monoisotopic (exact) mass is 437 g/mol. The minimum atomic E-state index is -0.730. The van der Waals surface area contributed by atoms with Crippen LogP contribution >= 0.6 is 0 Å². The first-order valence-electron chi connectivity index (χ1n) is 11.0. The van der Waals surface area contributed by atoms with Crippen molar-refractivity contribution in [1.29, 1.82) is 0 Å². The molecule has 1 aromatic rings. The van der Waals surface area contributed by atoms with Crippen LogP contribution in [0.5, 0.6) is 0 Å². The van der Waals surface area contributed by atoms with E-state index in [2.05, 4.69) is 28.6 Å². The first kappa shape index (κ1) is 23.6. The molecule has 31 heavy (non-hydrogen) atoms. The second kappa shape index (κ2) is 10.5. The molecule has 3 heterocycles. The second-order valence-corrected chi connectivity index (χ2v) is 8.78. The van der Waals surface area contributed by atoms with Gasteiger partial charge in [-0.1, -0.05) is 0 Å². The number of morpholine rings is 1. The number of anilines is 1. The summed E-state index contributed by atoms with van der Waals surface area (Å²) >= 11 is 0. The van der Waals surface area contributed by atoms with Gasteiger partial charge in [0.15, 0.2) is 5.78 Å². The lowest BCUT2D eigenvalue weighted by atomic mass is 9.95. The molecule has 0 bridgehead atoms. The Labute approximate surface area is 182 Å². The van der Waals surface area contributed by atoms with E-state index in [1.54, 1.807) is 0 Å². The Morgan fingerprint density at radius 1 is 1.16 bits per heavy atom. The molecule has 10 nitrogen and oxygen atoms in total. The minimum Gasteiger partial charge on any atom is -0.384 e. The van der Waals surface area contributed by atoms with Crippen molar-refractivity contribution in [2.45, 2.75) is 45.4 Å². The summed E-state index contributed by atoms with van der Waals surface area (Å²) in [5, 5.41) is 0. The second-order valence-electron chi connectivity index (χ2n) is 8.78. The number of ketones is 1. The maximum atomic E-state index is 12.9. The average molecular weight is 438 g/mol. The number of likely N-dealkylation sites (tertiary alicyclic amines) is 1. The molecule has 174 valence electrons. The summed E-state index contributed by atoms with van der Waals surface area (Å²) in [5.74, 6) is 0.133. The van der Waals surface area contributed by atoms with Crippen LogP contribution in [0, 0.1) is 5.92 Å². The fourth-order valence-corrected chi connectivity index (χ4v) is 4.67. The van der Waals surface area contributed by atoms with Crippen LogP contribution in [0.3, 0.4) is 0 Å². The summed E-state index contributed by atoms with van der Waals surface area (Å²) in [4.78, 5) is 43.9. The number of aromatic amines is 1. The molecule has 0 amide bonds. The molecule has 0 radical (unpaired) electrons. The molecule has 10 heteroatoms. The number of aromatic nitrogens is 2. The molecule has 2 saturated heterocycles. The Morgan fingerprint density at radius 3 is 2.42 bits per heavy atom. The fourth-order valence-electron chi connectivity index (χ4n) is 4.67. The first-order valence-corrected chi connectivity index (χ1v) is 11.0. The summed E-state index contributed by atoms with van der Waals surface area (Å²) in [6, 6.07) is 0. The summed E-state index contributed by atoms with van der Waals surface area (Å²) in [5.41, 5.74) is 4.50. The van der Waals surface area contributed by atoms with E-state index in [0.29, 0.717) is 5.92 Å². The van der Waals surface area contributed by atoms with Crippen molar-refractivity contribution in [3.63, 3.8) is 0 Å². The number of rotatable bonds is 8. The van der Waals surface area contributed by atoms with Gasteiger partial charge in [-0.05, 0) is 45.7 Å². The van der Waals surface area contributed by atoms with Gasteiger partial charge < -0.3 is 15.2 Å². The number of methoxy groups -OCH3 is 1. The molecule has 0 spiro atoms. The van der Waals surface area contributed by atoms with E-state index in [1.807, 2.05) is 0 Å². The van der Waals surface area contributed by atoms with Gasteiger partial charge in [0.05, 0.1) is 31.9 Å². The van der Waals surface area contributed by atoms with E-state index < -0.39 is 11.2 Å². The largest absolute Gasteiger partial charge is 0.384 e. The standard InChI is InChI=1S/C21H35N5O5/c1-14-10-25(11-15(2)31-14)12-16-4-6-24(7-5-16)13-17(27)18-19(22)26(8-9-30-3)21(29)23-20(18)28/h14-16H,4-13,22H2,1-3H3,(H,23,28,29). The Bertz CT molecular complexity index is 864. The van der Waals surface area contributed by atoms with Crippen LogP contribution in [0.15, 0.2) is 9.59 Å². The van der Waals surface area contributed by atoms with E-state index in [4.69, 9.17) is 15.2 Å². The highest BCUT2D eigenvalue weighted by Gasteiger charge is 2.28. The fraction of sp³-hybridized carbons (Fsp3) is 0.762. The Hall–Kier alpha value is -2.01. The Kier molecular flexibility index (Phi) is 8.04. The first-order chi connectivity index (χ1) is 14.8. The maximum Gasteiger partial charge on any atom is 0.330 e. The van der Waals surface area contributed by atoms with Crippen molar-refractivity contribution < 1.29 is 14.3 Å². The minimum absolute atomic E-state index is 0.0961. The van der Waals surface area contributed by atoms with Gasteiger partial charge in [-0.25, -0.2) is 4.79 Å². The number of nitrogens with one attached hydrogen (secondary N) is 1. The number of carbonyl (C=O) groups is 1. The highest BCUT2D eigenvalue weighted by atomic mass is 16.5. The van der Waals surface area contributed by atoms with Gasteiger partial charge in [-0.3, -0.25) is 28.9 Å². The van der Waals surface area contributed by atoms with Crippen molar-refractivity contribution in [3.05, 3.63) is 26.4 Å². The third-order valence-corrected chi connectivity index (χ3v) is 6.12. The zero-order valence-corrected chi connectivity index (χ0v) is 18.8. The van der Waals surface area contributed by atoms with Crippen molar-refractivity contribution >= 4 is 11.6 Å². The van der Waals surface area contributed by atoms with Gasteiger partial charge in [0.2, 0.25) is 0 Å². The third kappa shape index (κ3) is 6.03. The molecular weight excluding hydrogens is 402 g/mol. The number of hydrogen-bond donors (Lipinski definition) is 2. The van der Waals surface area contributed by atoms with Crippen LogP contribution < -0.4 is 17.0 Å². The third-order valence-electron chi connectivity index (χ3n) is 6.12.